The lowest BCUT2D eigenvalue weighted by Crippen LogP contribution is -2.13. The topological polar surface area (TPSA) is 17.1 Å². The number of rotatable bonds is 1. The Morgan fingerprint density at radius 3 is 1.88 bits per heavy atom. The smallest absolute Gasteiger partial charge is 0.200 e. The number of hydrogen-bond donors (Lipinski definition) is 0. The molecule has 0 unspecified atom stereocenters. The lowest BCUT2D eigenvalue weighted by molar-refractivity contribution is 0.493. The molecule has 0 N–H and O–H groups in total. The lowest BCUT2D eigenvalue weighted by Gasteiger charge is -2.26. The Balaban J connectivity index is 2.46. The monoisotopic (exact) mass is 356 g/mol. The van der Waals surface area contributed by atoms with Gasteiger partial charge in [0, 0.05) is 49.7 Å². The first-order valence-electron chi connectivity index (χ1n) is 2.60. The average molecular weight is 356 g/mol. The molecule has 1 rings (SSSR count). The molecule has 0 radical (unpaired) electrons. The first-order valence-corrected chi connectivity index (χ1v) is 9.94. The van der Waals surface area contributed by atoms with E-state index in [-0.39, 0.29) is 0 Å². The highest BCUT2D eigenvalue weighted by Crippen LogP contribution is 2.70. The van der Waals surface area contributed by atoms with E-state index in [1.807, 2.05) is 0 Å². The molecule has 0 bridgehead atoms. The molecular weight excluding hydrogens is 349 g/mol. The quantitative estimate of drug-likeness (QED) is 0.519. The van der Waals surface area contributed by atoms with Crippen molar-refractivity contribution in [1.29, 1.82) is 0 Å². The van der Waals surface area contributed by atoms with Gasteiger partial charge in [0.05, 0.1) is 0 Å². The predicted octanol–water partition coefficient (Wildman–Crippen LogP) is 3.60. The lowest BCUT2D eigenvalue weighted by atomic mass is 10.00. The molecule has 1 fully saturated rings. The first kappa shape index (κ1) is 7.79. The summed E-state index contributed by atoms with van der Waals surface area (Å²) in [5.74, 6) is 0. The van der Waals surface area contributed by atoms with Crippen LogP contribution < -0.4 is 0 Å². The Bertz CT molecular complexity index is 126. The van der Waals surface area contributed by atoms with Crippen LogP contribution in [-0.2, 0) is 4.57 Å². The SMILES string of the molecule is O=P(I)(I)C1CCC1. The molecule has 0 atom stereocenters. The molecule has 0 aliphatic heterocycles. The fourth-order valence-electron chi connectivity index (χ4n) is 0.687. The molecule has 0 saturated heterocycles. The van der Waals surface area contributed by atoms with Crippen molar-refractivity contribution in [1.82, 2.24) is 0 Å². The highest BCUT2D eigenvalue weighted by atomic mass is 127. The minimum absolute atomic E-state index is 0.559. The molecule has 0 amide bonds. The molecule has 8 heavy (non-hydrogen) atoms. The Morgan fingerprint density at radius 1 is 1.38 bits per heavy atom. The van der Waals surface area contributed by atoms with Crippen LogP contribution in [0.15, 0.2) is 0 Å². The van der Waals surface area contributed by atoms with Crippen molar-refractivity contribution in [3.8, 4) is 0 Å². The molecule has 48 valence electrons. The van der Waals surface area contributed by atoms with Crippen LogP contribution in [0.1, 0.15) is 19.3 Å². The van der Waals surface area contributed by atoms with Crippen molar-refractivity contribution in [2.75, 3.05) is 0 Å². The van der Waals surface area contributed by atoms with Crippen molar-refractivity contribution in [2.24, 2.45) is 0 Å². The van der Waals surface area contributed by atoms with E-state index < -0.39 is 2.43 Å². The van der Waals surface area contributed by atoms with E-state index in [2.05, 4.69) is 44.1 Å². The molecule has 1 aliphatic carbocycles. The second-order valence-electron chi connectivity index (χ2n) is 2.09. The van der Waals surface area contributed by atoms with E-state index in [0.717, 1.165) is 0 Å². The fraction of sp³-hybridized carbons (Fsp3) is 1.00. The van der Waals surface area contributed by atoms with E-state index in [1.165, 1.54) is 19.3 Å². The number of halogens is 2. The van der Waals surface area contributed by atoms with Gasteiger partial charge in [-0.1, -0.05) is 6.42 Å². The van der Waals surface area contributed by atoms with Crippen LogP contribution in [0.5, 0.6) is 0 Å². The standard InChI is InChI=1S/C4H7I2OP/c5-8(6,7)4-2-1-3-4/h4H,1-3H2. The summed E-state index contributed by atoms with van der Waals surface area (Å²) in [6, 6.07) is 0. The van der Waals surface area contributed by atoms with E-state index in [4.69, 9.17) is 0 Å². The van der Waals surface area contributed by atoms with Crippen molar-refractivity contribution >= 4 is 46.5 Å². The van der Waals surface area contributed by atoms with Crippen molar-refractivity contribution in [3.05, 3.63) is 0 Å². The van der Waals surface area contributed by atoms with Crippen molar-refractivity contribution < 1.29 is 4.57 Å². The summed E-state index contributed by atoms with van der Waals surface area (Å²) in [6.07, 6.45) is 3.69. The van der Waals surface area contributed by atoms with Gasteiger partial charge in [0.1, 0.15) is 0 Å². The minimum Gasteiger partial charge on any atom is -0.301 e. The van der Waals surface area contributed by atoms with Gasteiger partial charge in [-0.3, -0.25) is 0 Å². The summed E-state index contributed by atoms with van der Waals surface area (Å²) in [5, 5.41) is 0. The highest BCUT2D eigenvalue weighted by Gasteiger charge is 2.31. The van der Waals surface area contributed by atoms with E-state index in [9.17, 15) is 4.57 Å². The van der Waals surface area contributed by atoms with Gasteiger partial charge in [-0.05, 0) is 12.8 Å². The van der Waals surface area contributed by atoms with Gasteiger partial charge in [0.25, 0.3) is 0 Å². The van der Waals surface area contributed by atoms with Gasteiger partial charge >= 0.3 is 0 Å². The summed E-state index contributed by atoms with van der Waals surface area (Å²) in [7, 11) is 0. The Kier molecular flexibility index (Phi) is 2.67. The summed E-state index contributed by atoms with van der Waals surface area (Å²) >= 11 is 4.19. The van der Waals surface area contributed by atoms with Crippen LogP contribution in [0.2, 0.25) is 0 Å². The van der Waals surface area contributed by atoms with Crippen LogP contribution in [-0.4, -0.2) is 5.66 Å². The molecule has 0 heterocycles. The summed E-state index contributed by atoms with van der Waals surface area (Å²) in [5.41, 5.74) is 0.559. The van der Waals surface area contributed by atoms with Gasteiger partial charge in [0.15, 0.2) is 0 Å². The third-order valence-corrected chi connectivity index (χ3v) is 7.59. The second kappa shape index (κ2) is 2.74. The van der Waals surface area contributed by atoms with Crippen molar-refractivity contribution in [2.45, 2.75) is 24.9 Å². The molecule has 1 nitrogen and oxygen atoms in total. The van der Waals surface area contributed by atoms with Crippen LogP contribution in [0.25, 0.3) is 0 Å². The zero-order chi connectivity index (χ0) is 6.20. The van der Waals surface area contributed by atoms with Crippen LogP contribution >= 0.6 is 46.5 Å². The van der Waals surface area contributed by atoms with Crippen LogP contribution in [0, 0.1) is 0 Å². The van der Waals surface area contributed by atoms with E-state index >= 15 is 0 Å². The Labute approximate surface area is 75.3 Å². The number of hydrogen-bond acceptors (Lipinski definition) is 1. The maximum atomic E-state index is 11.2. The van der Waals surface area contributed by atoms with E-state index in [0.29, 0.717) is 5.66 Å². The normalized spacial score (nSPS) is 22.8. The van der Waals surface area contributed by atoms with Crippen LogP contribution in [0.3, 0.4) is 0 Å². The highest BCUT2D eigenvalue weighted by molar-refractivity contribution is 14.3. The van der Waals surface area contributed by atoms with Gasteiger partial charge in [-0.2, -0.15) is 0 Å². The molecule has 0 aromatic heterocycles. The zero-order valence-electron chi connectivity index (χ0n) is 4.31. The Hall–Kier alpha value is 1.69. The zero-order valence-corrected chi connectivity index (χ0v) is 9.52. The maximum absolute atomic E-state index is 11.2. The fourth-order valence-corrected chi connectivity index (χ4v) is 5.00. The van der Waals surface area contributed by atoms with Gasteiger partial charge in [-0.15, -0.1) is 0 Å². The first-order chi connectivity index (χ1) is 3.61. The largest absolute Gasteiger partial charge is 0.301 e. The molecule has 4 heteroatoms. The summed E-state index contributed by atoms with van der Waals surface area (Å²) < 4.78 is 9.44. The molecule has 1 aliphatic rings. The molecule has 0 aromatic rings. The Morgan fingerprint density at radius 2 is 1.88 bits per heavy atom. The second-order valence-corrected chi connectivity index (χ2v) is 18.0. The van der Waals surface area contributed by atoms with Crippen molar-refractivity contribution in [3.63, 3.8) is 0 Å². The molecular formula is C4H7I2OP. The summed E-state index contributed by atoms with van der Waals surface area (Å²) in [4.78, 5) is 0. The molecule has 0 spiro atoms. The maximum Gasteiger partial charge on any atom is 0.200 e. The average Bonchev–Trinajstić information content (AvgIpc) is 1.16. The van der Waals surface area contributed by atoms with Gasteiger partial charge in [-0.25, -0.2) is 0 Å². The van der Waals surface area contributed by atoms with Gasteiger partial charge < -0.3 is 4.57 Å². The van der Waals surface area contributed by atoms with E-state index in [1.54, 1.807) is 0 Å². The predicted molar refractivity (Wildman–Crippen MR) is 53.3 cm³/mol. The molecule has 1 saturated carbocycles. The van der Waals surface area contributed by atoms with Crippen LogP contribution in [0.4, 0.5) is 0 Å². The third-order valence-electron chi connectivity index (χ3n) is 1.50. The minimum atomic E-state index is -1.73. The van der Waals surface area contributed by atoms with Gasteiger partial charge in [0.2, 0.25) is 2.43 Å². The third kappa shape index (κ3) is 1.84. The molecule has 0 aromatic carbocycles. The summed E-state index contributed by atoms with van der Waals surface area (Å²) in [6.45, 7) is 0.